The monoisotopic (exact) mass is 215 g/mol. The van der Waals surface area contributed by atoms with Crippen LogP contribution in [0, 0.1) is 0 Å². The van der Waals surface area contributed by atoms with E-state index in [1.54, 1.807) is 0 Å². The Morgan fingerprint density at radius 2 is 1.94 bits per heavy atom. The zero-order chi connectivity index (χ0) is 11.5. The summed E-state index contributed by atoms with van der Waals surface area (Å²) in [7, 11) is 0. The van der Waals surface area contributed by atoms with Crippen molar-refractivity contribution < 1.29 is 9.32 Å². The second-order valence-corrected chi connectivity index (χ2v) is 3.95. The topological polar surface area (TPSA) is 43.1 Å². The number of aromatic nitrogens is 1. The molecule has 0 radical (unpaired) electrons. The maximum absolute atomic E-state index is 11.1. The van der Waals surface area contributed by atoms with Crippen molar-refractivity contribution in [2.75, 3.05) is 0 Å². The number of carbonyl (C=O) groups excluding carboxylic acids is 1. The van der Waals surface area contributed by atoms with Crippen molar-refractivity contribution in [3.05, 3.63) is 41.7 Å². The van der Waals surface area contributed by atoms with E-state index in [1.165, 1.54) is 0 Å². The zero-order valence-corrected chi connectivity index (χ0v) is 9.31. The lowest BCUT2D eigenvalue weighted by Crippen LogP contribution is -1.91. The molecule has 0 unspecified atom stereocenters. The van der Waals surface area contributed by atoms with Gasteiger partial charge in [-0.15, -0.1) is 0 Å². The Labute approximate surface area is 94.1 Å². The van der Waals surface area contributed by atoms with Crippen molar-refractivity contribution in [2.24, 2.45) is 0 Å². The van der Waals surface area contributed by atoms with Gasteiger partial charge < -0.3 is 4.52 Å². The van der Waals surface area contributed by atoms with Crippen molar-refractivity contribution in [1.29, 1.82) is 0 Å². The molecule has 0 N–H and O–H groups in total. The molecular formula is C13H13NO2. The molecule has 2 aromatic rings. The van der Waals surface area contributed by atoms with E-state index >= 15 is 0 Å². The van der Waals surface area contributed by atoms with Gasteiger partial charge in [0.05, 0.1) is 5.56 Å². The molecule has 0 fully saturated rings. The maximum atomic E-state index is 11.1. The fourth-order valence-electron chi connectivity index (χ4n) is 1.64. The highest BCUT2D eigenvalue weighted by molar-refractivity contribution is 5.86. The van der Waals surface area contributed by atoms with Crippen LogP contribution in [0.25, 0.3) is 11.3 Å². The molecule has 1 aromatic carbocycles. The van der Waals surface area contributed by atoms with Crippen LogP contribution in [-0.2, 0) is 0 Å². The van der Waals surface area contributed by atoms with Gasteiger partial charge in [0.2, 0.25) is 0 Å². The quantitative estimate of drug-likeness (QED) is 0.738. The fraction of sp³-hybridized carbons (Fsp3) is 0.231. The minimum Gasteiger partial charge on any atom is -0.360 e. The molecule has 0 saturated carbocycles. The molecule has 0 aliphatic heterocycles. The molecule has 0 atom stereocenters. The van der Waals surface area contributed by atoms with Gasteiger partial charge in [-0.25, -0.2) is 0 Å². The van der Waals surface area contributed by atoms with Gasteiger partial charge in [-0.3, -0.25) is 4.79 Å². The molecule has 2 rings (SSSR count). The third-order valence-electron chi connectivity index (χ3n) is 2.45. The number of rotatable bonds is 3. The summed E-state index contributed by atoms with van der Waals surface area (Å²) in [4.78, 5) is 11.1. The van der Waals surface area contributed by atoms with Crippen LogP contribution in [0.4, 0.5) is 0 Å². The average molecular weight is 215 g/mol. The highest BCUT2D eigenvalue weighted by Crippen LogP contribution is 2.28. The van der Waals surface area contributed by atoms with E-state index in [1.807, 2.05) is 44.2 Å². The third kappa shape index (κ3) is 1.76. The van der Waals surface area contributed by atoms with Gasteiger partial charge in [-0.05, 0) is 0 Å². The predicted molar refractivity (Wildman–Crippen MR) is 61.4 cm³/mol. The van der Waals surface area contributed by atoms with Crippen molar-refractivity contribution >= 4 is 6.29 Å². The highest BCUT2D eigenvalue weighted by atomic mass is 16.5. The summed E-state index contributed by atoms with van der Waals surface area (Å²) in [6.45, 7) is 3.95. The minimum absolute atomic E-state index is 0.158. The van der Waals surface area contributed by atoms with Gasteiger partial charge in [0, 0.05) is 11.5 Å². The first-order valence-corrected chi connectivity index (χ1v) is 5.24. The minimum atomic E-state index is 0.158. The molecule has 0 amide bonds. The number of aldehydes is 1. The molecule has 3 nitrogen and oxygen atoms in total. The van der Waals surface area contributed by atoms with Crippen LogP contribution in [0.5, 0.6) is 0 Å². The lowest BCUT2D eigenvalue weighted by Gasteiger charge is -1.99. The molecular weight excluding hydrogens is 202 g/mol. The van der Waals surface area contributed by atoms with E-state index in [4.69, 9.17) is 4.52 Å². The third-order valence-corrected chi connectivity index (χ3v) is 2.45. The van der Waals surface area contributed by atoms with E-state index in [9.17, 15) is 4.79 Å². The molecule has 0 aliphatic carbocycles. The van der Waals surface area contributed by atoms with E-state index in [0.717, 1.165) is 11.8 Å². The summed E-state index contributed by atoms with van der Waals surface area (Å²) in [5, 5.41) is 3.97. The first-order valence-electron chi connectivity index (χ1n) is 5.24. The average Bonchev–Trinajstić information content (AvgIpc) is 2.73. The molecule has 0 aliphatic rings. The molecule has 16 heavy (non-hydrogen) atoms. The van der Waals surface area contributed by atoms with E-state index < -0.39 is 0 Å². The number of hydrogen-bond acceptors (Lipinski definition) is 3. The molecule has 82 valence electrons. The Morgan fingerprint density at radius 1 is 1.25 bits per heavy atom. The molecule has 0 saturated heterocycles. The number of carbonyl (C=O) groups is 1. The fourth-order valence-corrected chi connectivity index (χ4v) is 1.64. The number of benzene rings is 1. The molecule has 3 heteroatoms. The summed E-state index contributed by atoms with van der Waals surface area (Å²) in [6.07, 6.45) is 0.814. The summed E-state index contributed by atoms with van der Waals surface area (Å²) >= 11 is 0. The number of nitrogens with zero attached hydrogens (tertiary/aromatic N) is 1. The summed E-state index contributed by atoms with van der Waals surface area (Å²) in [5.74, 6) is 0.805. The van der Waals surface area contributed by atoms with Gasteiger partial charge in [0.25, 0.3) is 0 Å². The van der Waals surface area contributed by atoms with E-state index in [-0.39, 0.29) is 5.92 Å². The summed E-state index contributed by atoms with van der Waals surface area (Å²) < 4.78 is 5.22. The Balaban J connectivity index is 2.55. The largest absolute Gasteiger partial charge is 0.360 e. The van der Waals surface area contributed by atoms with Crippen LogP contribution in [0.1, 0.15) is 35.9 Å². The number of hydrogen-bond donors (Lipinski definition) is 0. The standard InChI is InChI=1S/C13H13NO2/c1-9(2)13-11(8-15)12(14-16-13)10-6-4-3-5-7-10/h3-9H,1-2H3. The summed E-state index contributed by atoms with van der Waals surface area (Å²) in [6, 6.07) is 9.57. The van der Waals surface area contributed by atoms with Crippen LogP contribution in [-0.4, -0.2) is 11.4 Å². The Morgan fingerprint density at radius 3 is 2.50 bits per heavy atom. The molecule has 1 heterocycles. The second kappa shape index (κ2) is 4.31. The predicted octanol–water partition coefficient (Wildman–Crippen LogP) is 3.28. The van der Waals surface area contributed by atoms with Crippen molar-refractivity contribution in [3.8, 4) is 11.3 Å². The Bertz CT molecular complexity index is 486. The van der Waals surface area contributed by atoms with Crippen LogP contribution in [0.15, 0.2) is 34.9 Å². The lowest BCUT2D eigenvalue weighted by atomic mass is 10.0. The van der Waals surface area contributed by atoms with Crippen molar-refractivity contribution in [2.45, 2.75) is 19.8 Å². The lowest BCUT2D eigenvalue weighted by molar-refractivity contribution is 0.112. The van der Waals surface area contributed by atoms with Crippen LogP contribution in [0.2, 0.25) is 0 Å². The maximum Gasteiger partial charge on any atom is 0.155 e. The summed E-state index contributed by atoms with van der Waals surface area (Å²) in [5.41, 5.74) is 2.08. The Hall–Kier alpha value is -1.90. The SMILES string of the molecule is CC(C)c1onc(-c2ccccc2)c1C=O. The molecule has 0 bridgehead atoms. The molecule has 0 spiro atoms. The smallest absolute Gasteiger partial charge is 0.155 e. The normalized spacial score (nSPS) is 10.7. The van der Waals surface area contributed by atoms with Gasteiger partial charge in [-0.1, -0.05) is 49.3 Å². The van der Waals surface area contributed by atoms with Crippen molar-refractivity contribution in [3.63, 3.8) is 0 Å². The van der Waals surface area contributed by atoms with Crippen LogP contribution < -0.4 is 0 Å². The first-order chi connectivity index (χ1) is 7.74. The van der Waals surface area contributed by atoms with Gasteiger partial charge in [0.15, 0.2) is 6.29 Å². The highest BCUT2D eigenvalue weighted by Gasteiger charge is 2.18. The van der Waals surface area contributed by atoms with E-state index in [0.29, 0.717) is 17.0 Å². The van der Waals surface area contributed by atoms with Gasteiger partial charge in [0.1, 0.15) is 11.5 Å². The van der Waals surface area contributed by atoms with Crippen LogP contribution in [0.3, 0.4) is 0 Å². The second-order valence-electron chi connectivity index (χ2n) is 3.95. The van der Waals surface area contributed by atoms with Crippen LogP contribution >= 0.6 is 0 Å². The van der Waals surface area contributed by atoms with Crippen molar-refractivity contribution in [1.82, 2.24) is 5.16 Å². The Kier molecular flexibility index (Phi) is 2.86. The van der Waals surface area contributed by atoms with E-state index in [2.05, 4.69) is 5.16 Å². The zero-order valence-electron chi connectivity index (χ0n) is 9.31. The molecule has 1 aromatic heterocycles. The van der Waals surface area contributed by atoms with Gasteiger partial charge in [-0.2, -0.15) is 0 Å². The van der Waals surface area contributed by atoms with Gasteiger partial charge >= 0.3 is 0 Å². The first kappa shape index (κ1) is 10.6.